The third-order valence-electron chi connectivity index (χ3n) is 8.21. The second-order valence-electron chi connectivity index (χ2n) is 11.9. The van der Waals surface area contributed by atoms with Gasteiger partial charge in [0.15, 0.2) is 5.65 Å². The number of carbonyl (C=O) groups is 1. The Balaban J connectivity index is 1.54. The lowest BCUT2D eigenvalue weighted by molar-refractivity contribution is 0.0604. The molecular weight excluding hydrogens is 533 g/mol. The van der Waals surface area contributed by atoms with Crippen molar-refractivity contribution >= 4 is 50.5 Å². The van der Waals surface area contributed by atoms with E-state index >= 15 is 0 Å². The summed E-state index contributed by atoms with van der Waals surface area (Å²) in [6, 6.07) is 10.3. The number of piperidine rings is 1. The number of carbonyl (C=O) groups excluding carboxylic acids is 1. The second kappa shape index (κ2) is 11.8. The first-order valence-electron chi connectivity index (χ1n) is 14.7. The highest BCUT2D eigenvalue weighted by molar-refractivity contribution is 8.01. The minimum atomic E-state index is -0.642. The molecule has 1 aromatic carbocycles. The summed E-state index contributed by atoms with van der Waals surface area (Å²) in [5.41, 5.74) is 6.77. The van der Waals surface area contributed by atoms with Crippen molar-refractivity contribution < 1.29 is 4.79 Å². The molecule has 6 nitrogen and oxygen atoms in total. The van der Waals surface area contributed by atoms with E-state index in [0.717, 1.165) is 90.2 Å². The predicted molar refractivity (Wildman–Crippen MR) is 174 cm³/mol. The van der Waals surface area contributed by atoms with Gasteiger partial charge in [-0.15, -0.1) is 6.58 Å². The number of hydrogen-bond donors (Lipinski definition) is 2. The Hall–Kier alpha value is -2.39. The van der Waals surface area contributed by atoms with Gasteiger partial charge in [0.05, 0.1) is 11.7 Å². The number of rotatable bonds is 10. The molecule has 2 fully saturated rings. The van der Waals surface area contributed by atoms with Gasteiger partial charge < -0.3 is 9.80 Å². The average Bonchev–Trinajstić information content (AvgIpc) is 3.69. The quantitative estimate of drug-likeness (QED) is 0.136. The molecule has 1 saturated heterocycles. The lowest BCUT2D eigenvalue weighted by Crippen LogP contribution is -2.39. The van der Waals surface area contributed by atoms with Crippen LogP contribution in [0.1, 0.15) is 104 Å². The molecule has 1 unspecified atom stereocenters. The first-order valence-corrected chi connectivity index (χ1v) is 15.6. The zero-order valence-corrected chi connectivity index (χ0v) is 26.1. The predicted octanol–water partition coefficient (Wildman–Crippen LogP) is 5.93. The largest absolute Gasteiger partial charge is 0.360 e. The highest BCUT2D eigenvalue weighted by atomic mass is 32.2. The highest BCUT2D eigenvalue weighted by Gasteiger charge is 2.33. The van der Waals surface area contributed by atoms with Crippen LogP contribution < -0.4 is 4.90 Å². The summed E-state index contributed by atoms with van der Waals surface area (Å²) >= 11 is 9.36. The van der Waals surface area contributed by atoms with Crippen LogP contribution in [0.15, 0.2) is 42.5 Å². The fraction of sp³-hybridized carbons (Fsp3) is 0.516. The van der Waals surface area contributed by atoms with E-state index in [0.29, 0.717) is 12.5 Å². The van der Waals surface area contributed by atoms with Gasteiger partial charge in [-0.1, -0.05) is 24.6 Å². The van der Waals surface area contributed by atoms with Gasteiger partial charge in [0, 0.05) is 53.4 Å². The SMILES string of the molecule is BC(S)(S)c1ccc(CCC(=C)C)c(C(=O)N2CCCCC2c2cc3nc(C4CC4)cc(N(C)CCC)n3n2)c1. The Kier molecular flexibility index (Phi) is 8.62. The van der Waals surface area contributed by atoms with Crippen molar-refractivity contribution in [3.63, 3.8) is 0 Å². The van der Waals surface area contributed by atoms with Crippen LogP contribution >= 0.6 is 25.3 Å². The topological polar surface area (TPSA) is 53.7 Å². The second-order valence-corrected chi connectivity index (χ2v) is 14.1. The van der Waals surface area contributed by atoms with Crippen LogP contribution in [0.5, 0.6) is 0 Å². The zero-order chi connectivity index (χ0) is 28.6. The number of benzene rings is 1. The first kappa shape index (κ1) is 29.1. The van der Waals surface area contributed by atoms with E-state index in [1.54, 1.807) is 0 Å². The summed E-state index contributed by atoms with van der Waals surface area (Å²) in [4.78, 5) is 23.7. The average molecular weight is 576 g/mol. The number of aromatic nitrogens is 3. The minimum absolute atomic E-state index is 0.0567. The molecule has 40 heavy (non-hydrogen) atoms. The van der Waals surface area contributed by atoms with Crippen LogP contribution in [0, 0.1) is 0 Å². The molecule has 2 aliphatic rings. The van der Waals surface area contributed by atoms with Crippen LogP contribution in [-0.2, 0) is 10.4 Å². The number of amides is 1. The number of hydrogen-bond acceptors (Lipinski definition) is 6. The minimum Gasteiger partial charge on any atom is -0.360 e. The van der Waals surface area contributed by atoms with Crippen LogP contribution in [0.2, 0.25) is 0 Å². The molecule has 212 valence electrons. The van der Waals surface area contributed by atoms with E-state index < -0.39 is 3.98 Å². The normalized spacial score (nSPS) is 17.8. The third kappa shape index (κ3) is 6.25. The molecule has 1 amide bonds. The summed E-state index contributed by atoms with van der Waals surface area (Å²) in [6.45, 7) is 9.97. The molecule has 1 saturated carbocycles. The van der Waals surface area contributed by atoms with Gasteiger partial charge >= 0.3 is 0 Å². The Bertz CT molecular complexity index is 1410. The van der Waals surface area contributed by atoms with E-state index in [2.05, 4.69) is 68.9 Å². The van der Waals surface area contributed by atoms with Crippen molar-refractivity contribution in [2.75, 3.05) is 25.0 Å². The van der Waals surface area contributed by atoms with Crippen molar-refractivity contribution in [2.45, 2.75) is 81.2 Å². The van der Waals surface area contributed by atoms with Crippen LogP contribution in [0.3, 0.4) is 0 Å². The van der Waals surface area contributed by atoms with Crippen molar-refractivity contribution in [1.29, 1.82) is 0 Å². The third-order valence-corrected chi connectivity index (χ3v) is 8.72. The van der Waals surface area contributed by atoms with E-state index in [-0.39, 0.29) is 11.9 Å². The molecule has 1 aliphatic heterocycles. The highest BCUT2D eigenvalue weighted by Crippen LogP contribution is 2.41. The van der Waals surface area contributed by atoms with Crippen molar-refractivity contribution in [3.8, 4) is 0 Å². The monoisotopic (exact) mass is 575 g/mol. The van der Waals surface area contributed by atoms with Crippen molar-refractivity contribution in [1.82, 2.24) is 19.5 Å². The molecule has 1 atom stereocenters. The summed E-state index contributed by atoms with van der Waals surface area (Å²) in [7, 11) is 4.07. The zero-order valence-electron chi connectivity index (χ0n) is 24.4. The number of likely N-dealkylation sites (tertiary alicyclic amines) is 1. The summed E-state index contributed by atoms with van der Waals surface area (Å²) in [5.74, 6) is 1.69. The fourth-order valence-electron chi connectivity index (χ4n) is 5.74. The van der Waals surface area contributed by atoms with Gasteiger partial charge in [-0.2, -0.15) is 34.9 Å². The van der Waals surface area contributed by atoms with Gasteiger partial charge in [-0.05, 0) is 75.5 Å². The number of anilines is 1. The summed E-state index contributed by atoms with van der Waals surface area (Å²) in [6.07, 6.45) is 8.04. The molecule has 0 spiro atoms. The molecule has 0 radical (unpaired) electrons. The number of nitrogens with zero attached hydrogens (tertiary/aromatic N) is 5. The Labute approximate surface area is 250 Å². The Morgan fingerprint density at radius 1 is 1.18 bits per heavy atom. The lowest BCUT2D eigenvalue weighted by Gasteiger charge is -2.35. The Morgan fingerprint density at radius 2 is 1.95 bits per heavy atom. The molecule has 3 heterocycles. The molecule has 0 bridgehead atoms. The molecule has 5 rings (SSSR count). The molecule has 2 aromatic heterocycles. The number of aryl methyl sites for hydroxylation is 1. The molecular formula is C31H42BN5OS2. The smallest absolute Gasteiger partial charge is 0.254 e. The molecule has 0 N–H and O–H groups in total. The molecule has 3 aromatic rings. The number of allylic oxidation sites excluding steroid dienone is 1. The van der Waals surface area contributed by atoms with Gasteiger partial charge in [-0.3, -0.25) is 4.79 Å². The number of thiol groups is 2. The lowest BCUT2D eigenvalue weighted by atomic mass is 9.89. The van der Waals surface area contributed by atoms with E-state index in [1.807, 2.05) is 36.3 Å². The van der Waals surface area contributed by atoms with Crippen molar-refractivity contribution in [2.24, 2.45) is 0 Å². The Morgan fingerprint density at radius 3 is 2.62 bits per heavy atom. The van der Waals surface area contributed by atoms with Gasteiger partial charge in [0.25, 0.3) is 5.91 Å². The maximum absolute atomic E-state index is 14.4. The van der Waals surface area contributed by atoms with Gasteiger partial charge in [0.2, 0.25) is 0 Å². The van der Waals surface area contributed by atoms with E-state index in [4.69, 9.17) is 10.1 Å². The maximum Gasteiger partial charge on any atom is 0.254 e. The fourth-order valence-corrected chi connectivity index (χ4v) is 6.02. The van der Waals surface area contributed by atoms with Crippen LogP contribution in [0.25, 0.3) is 5.65 Å². The maximum atomic E-state index is 14.4. The van der Waals surface area contributed by atoms with E-state index in [1.165, 1.54) is 12.8 Å². The van der Waals surface area contributed by atoms with Gasteiger partial charge in [-0.25, -0.2) is 4.98 Å². The number of fused-ring (bicyclic) bond motifs is 1. The summed E-state index contributed by atoms with van der Waals surface area (Å²) in [5, 5.41) is 5.11. The van der Waals surface area contributed by atoms with E-state index in [9.17, 15) is 4.79 Å². The molecule has 1 aliphatic carbocycles. The standard InChI is InChI=1S/C31H42BN5OS2/c1-5-15-35(4)29-19-25(22-11-12-22)33-28-18-26(34-37(28)29)27-8-6-7-16-36(27)30(38)24-17-23(31(32,39)40)14-13-21(24)10-9-20(2)3/h13-14,17-19,22,27,39-40H,2,5-12,15-16,32H2,1,3-4H3. The van der Waals surface area contributed by atoms with Crippen LogP contribution in [0.4, 0.5) is 5.82 Å². The van der Waals surface area contributed by atoms with Crippen LogP contribution in [-0.4, -0.2) is 53.4 Å². The van der Waals surface area contributed by atoms with Crippen molar-refractivity contribution in [3.05, 3.63) is 70.6 Å². The van der Waals surface area contributed by atoms with Gasteiger partial charge in [0.1, 0.15) is 13.7 Å². The molecule has 9 heteroatoms. The first-order chi connectivity index (χ1) is 19.1. The summed E-state index contributed by atoms with van der Waals surface area (Å²) < 4.78 is 1.34.